The van der Waals surface area contributed by atoms with Crippen molar-refractivity contribution in [2.24, 2.45) is 0 Å². The van der Waals surface area contributed by atoms with E-state index in [0.717, 1.165) is 49.3 Å². The second-order valence-corrected chi connectivity index (χ2v) is 10.4. The number of amides is 3. The molecule has 1 unspecified atom stereocenters. The lowest BCUT2D eigenvalue weighted by atomic mass is 9.98. The Hall–Kier alpha value is -4.64. The van der Waals surface area contributed by atoms with E-state index in [2.05, 4.69) is 9.88 Å². The number of carbonyl (C=O) groups excluding carboxylic acids is 2. The molecular weight excluding hydrogens is 540 g/mol. The fourth-order valence-corrected chi connectivity index (χ4v) is 5.48. The van der Waals surface area contributed by atoms with E-state index in [1.54, 1.807) is 24.3 Å². The molecule has 5 rings (SSSR count). The molecule has 220 valence electrons. The van der Waals surface area contributed by atoms with E-state index in [1.165, 1.54) is 12.0 Å². The summed E-state index contributed by atoms with van der Waals surface area (Å²) in [6, 6.07) is 19.9. The number of hydrogen-bond donors (Lipinski definition) is 1. The Morgan fingerprint density at radius 3 is 2.31 bits per heavy atom. The van der Waals surface area contributed by atoms with Crippen molar-refractivity contribution in [3.05, 3.63) is 83.6 Å². The van der Waals surface area contributed by atoms with Gasteiger partial charge in [-0.1, -0.05) is 36.4 Å². The Bertz CT molecular complexity index is 1410. The molecule has 11 heteroatoms. The van der Waals surface area contributed by atoms with Gasteiger partial charge in [0.1, 0.15) is 11.5 Å². The maximum absolute atomic E-state index is 13.3. The molecule has 0 bridgehead atoms. The minimum atomic E-state index is -1.04. The van der Waals surface area contributed by atoms with E-state index in [0.29, 0.717) is 17.4 Å². The lowest BCUT2D eigenvalue weighted by Gasteiger charge is -2.39. The highest BCUT2D eigenvalue weighted by Gasteiger charge is 2.45. The molecule has 0 radical (unpaired) electrons. The van der Waals surface area contributed by atoms with Crippen molar-refractivity contribution < 1.29 is 33.7 Å². The number of likely N-dealkylation sites (tertiary alicyclic amines) is 1. The number of carboxylic acids is 1. The standard InChI is InChI=1S/C31H34N4O7/c1-21-23(8-13-28(32-21)42-26-11-9-25(10-12-26)41-20-29(36)37)18-33-16-14-24(15-17-33)35-27(22-6-4-3-5-7-22)19-34(30(35)38)31(39)40-2/h3-13,24,27H,14-20H2,1-2H3,(H,36,37). The van der Waals surface area contributed by atoms with Crippen molar-refractivity contribution in [3.63, 3.8) is 0 Å². The van der Waals surface area contributed by atoms with Gasteiger partial charge in [-0.25, -0.2) is 24.3 Å². The Balaban J connectivity index is 1.18. The molecule has 2 fully saturated rings. The lowest BCUT2D eigenvalue weighted by molar-refractivity contribution is -0.139. The first kappa shape index (κ1) is 28.9. The van der Waals surface area contributed by atoms with E-state index in [9.17, 15) is 14.4 Å². The van der Waals surface area contributed by atoms with E-state index >= 15 is 0 Å². The summed E-state index contributed by atoms with van der Waals surface area (Å²) in [6.07, 6.45) is 0.964. The molecule has 3 heterocycles. The molecule has 0 aliphatic carbocycles. The summed E-state index contributed by atoms with van der Waals surface area (Å²) >= 11 is 0. The molecule has 2 aliphatic heterocycles. The van der Waals surface area contributed by atoms with Crippen LogP contribution in [0, 0.1) is 6.92 Å². The quantitative estimate of drug-likeness (QED) is 0.382. The zero-order chi connectivity index (χ0) is 29.6. The van der Waals surface area contributed by atoms with E-state index in [4.69, 9.17) is 19.3 Å². The van der Waals surface area contributed by atoms with E-state index in [-0.39, 0.29) is 24.7 Å². The summed E-state index contributed by atoms with van der Waals surface area (Å²) < 4.78 is 15.9. The van der Waals surface area contributed by atoms with E-state index in [1.807, 2.05) is 54.3 Å². The van der Waals surface area contributed by atoms with Crippen LogP contribution >= 0.6 is 0 Å². The van der Waals surface area contributed by atoms with Crippen molar-refractivity contribution in [2.75, 3.05) is 33.4 Å². The van der Waals surface area contributed by atoms with E-state index < -0.39 is 18.7 Å². The molecule has 0 saturated carbocycles. The molecule has 2 aromatic carbocycles. The monoisotopic (exact) mass is 574 g/mol. The van der Waals surface area contributed by atoms with Crippen LogP contribution in [0.1, 0.15) is 35.7 Å². The van der Waals surface area contributed by atoms with Gasteiger partial charge in [-0.15, -0.1) is 0 Å². The zero-order valence-corrected chi connectivity index (χ0v) is 23.6. The summed E-state index contributed by atoms with van der Waals surface area (Å²) in [5, 5.41) is 8.73. The smallest absolute Gasteiger partial charge is 0.417 e. The molecule has 0 spiro atoms. The van der Waals surface area contributed by atoms with Gasteiger partial charge in [0.05, 0.1) is 19.7 Å². The Morgan fingerprint density at radius 2 is 1.67 bits per heavy atom. The molecule has 3 aromatic rings. The lowest BCUT2D eigenvalue weighted by Crippen LogP contribution is -2.47. The summed E-state index contributed by atoms with van der Waals surface area (Å²) in [7, 11) is 1.29. The number of aliphatic carboxylic acids is 1. The predicted molar refractivity (Wildman–Crippen MR) is 152 cm³/mol. The highest BCUT2D eigenvalue weighted by molar-refractivity contribution is 5.93. The van der Waals surface area contributed by atoms with Crippen LogP contribution in [0.4, 0.5) is 9.59 Å². The van der Waals surface area contributed by atoms with Gasteiger partial charge in [0.2, 0.25) is 5.88 Å². The second-order valence-electron chi connectivity index (χ2n) is 10.4. The Labute approximate surface area is 244 Å². The first-order chi connectivity index (χ1) is 20.3. The molecule has 11 nitrogen and oxygen atoms in total. The van der Waals surface area contributed by atoms with Gasteiger partial charge >= 0.3 is 18.1 Å². The number of pyridine rings is 1. The molecule has 42 heavy (non-hydrogen) atoms. The van der Waals surface area contributed by atoms with Gasteiger partial charge < -0.3 is 24.2 Å². The molecule has 2 aliphatic rings. The number of hydrogen-bond acceptors (Lipinski definition) is 8. The number of carboxylic acid groups (broad SMARTS) is 1. The highest BCUT2D eigenvalue weighted by atomic mass is 16.5. The number of carbonyl (C=O) groups is 3. The number of ether oxygens (including phenoxy) is 3. The third kappa shape index (κ3) is 6.63. The molecular formula is C31H34N4O7. The average molecular weight is 575 g/mol. The minimum Gasteiger partial charge on any atom is -0.482 e. The molecule has 1 atom stereocenters. The maximum Gasteiger partial charge on any atom is 0.417 e. The normalized spacial score (nSPS) is 17.8. The minimum absolute atomic E-state index is 0.0181. The first-order valence-corrected chi connectivity index (χ1v) is 13.9. The fourth-order valence-electron chi connectivity index (χ4n) is 5.48. The van der Waals surface area contributed by atoms with Crippen LogP contribution in [0.3, 0.4) is 0 Å². The Morgan fingerprint density at radius 1 is 0.976 bits per heavy atom. The second kappa shape index (κ2) is 12.9. The molecule has 2 saturated heterocycles. The molecule has 1 aromatic heterocycles. The van der Waals surface area contributed by atoms with Crippen molar-refractivity contribution >= 4 is 18.1 Å². The van der Waals surface area contributed by atoms with Crippen LogP contribution in [0.5, 0.6) is 17.4 Å². The first-order valence-electron chi connectivity index (χ1n) is 13.9. The fraction of sp³-hybridized carbons (Fsp3) is 0.355. The average Bonchev–Trinajstić information content (AvgIpc) is 3.35. The molecule has 1 N–H and O–H groups in total. The number of imide groups is 1. The number of urea groups is 1. The summed E-state index contributed by atoms with van der Waals surface area (Å²) in [6.45, 7) is 4.17. The largest absolute Gasteiger partial charge is 0.482 e. The molecule has 3 amide bonds. The predicted octanol–water partition coefficient (Wildman–Crippen LogP) is 4.86. The number of aromatic nitrogens is 1. The number of nitrogens with zero attached hydrogens (tertiary/aromatic N) is 4. The van der Waals surface area contributed by atoms with Crippen molar-refractivity contribution in [1.82, 2.24) is 19.7 Å². The number of methoxy groups -OCH3 is 1. The third-order valence-corrected chi connectivity index (χ3v) is 7.65. The van der Waals surface area contributed by atoms with Crippen molar-refractivity contribution in [2.45, 2.75) is 38.4 Å². The Kier molecular flexibility index (Phi) is 8.87. The van der Waals surface area contributed by atoms with Crippen molar-refractivity contribution in [3.8, 4) is 17.4 Å². The maximum atomic E-state index is 13.3. The van der Waals surface area contributed by atoms with Gasteiger partial charge in [0.25, 0.3) is 0 Å². The van der Waals surface area contributed by atoms with Gasteiger partial charge in [-0.3, -0.25) is 4.90 Å². The van der Waals surface area contributed by atoms with Crippen LogP contribution in [0.25, 0.3) is 0 Å². The highest BCUT2D eigenvalue weighted by Crippen LogP contribution is 2.35. The van der Waals surface area contributed by atoms with Gasteiger partial charge in [-0.2, -0.15) is 0 Å². The zero-order valence-electron chi connectivity index (χ0n) is 23.6. The topological polar surface area (TPSA) is 122 Å². The van der Waals surface area contributed by atoms with Crippen molar-refractivity contribution in [1.29, 1.82) is 0 Å². The van der Waals surface area contributed by atoms with Crippen LogP contribution in [0.15, 0.2) is 66.7 Å². The number of rotatable bonds is 9. The number of piperidine rings is 1. The van der Waals surface area contributed by atoms with Crippen LogP contribution in [-0.2, 0) is 16.1 Å². The number of benzene rings is 2. The summed E-state index contributed by atoms with van der Waals surface area (Å²) in [4.78, 5) is 46.3. The van der Waals surface area contributed by atoms with Gasteiger partial charge in [0.15, 0.2) is 6.61 Å². The third-order valence-electron chi connectivity index (χ3n) is 7.65. The van der Waals surface area contributed by atoms with Crippen LogP contribution in [-0.4, -0.2) is 82.3 Å². The number of aryl methyl sites for hydroxylation is 1. The summed E-state index contributed by atoms with van der Waals surface area (Å²) in [5.41, 5.74) is 2.96. The van der Waals surface area contributed by atoms with Crippen LogP contribution in [0.2, 0.25) is 0 Å². The summed E-state index contributed by atoms with van der Waals surface area (Å²) in [5.74, 6) is 0.433. The van der Waals surface area contributed by atoms with Gasteiger partial charge in [-0.05, 0) is 55.2 Å². The SMILES string of the molecule is COC(=O)N1CC(c2ccccc2)N(C2CCN(Cc3ccc(Oc4ccc(OCC(=O)O)cc4)nc3C)CC2)C1=O. The van der Waals surface area contributed by atoms with Gasteiger partial charge in [0, 0.05) is 37.4 Å². The van der Waals surface area contributed by atoms with Crippen LogP contribution < -0.4 is 9.47 Å².